The van der Waals surface area contributed by atoms with Crippen molar-refractivity contribution in [2.75, 3.05) is 19.0 Å². The molecule has 0 saturated heterocycles. The molecule has 1 N–H and O–H groups in total. The first kappa shape index (κ1) is 14.8. The van der Waals surface area contributed by atoms with Crippen LogP contribution in [0.15, 0.2) is 42.5 Å². The van der Waals surface area contributed by atoms with Crippen molar-refractivity contribution in [3.05, 3.63) is 63.7 Å². The van der Waals surface area contributed by atoms with Crippen LogP contribution in [0, 0.1) is 17.0 Å². The first-order chi connectivity index (χ1) is 10.1. The predicted octanol–water partition coefficient (Wildman–Crippen LogP) is 3.57. The second-order valence-corrected chi connectivity index (χ2v) is 4.84. The van der Waals surface area contributed by atoms with Crippen LogP contribution in [0.2, 0.25) is 0 Å². The fraction of sp³-hybridized carbons (Fsp3) is 0.250. The lowest BCUT2D eigenvalue weighted by atomic mass is 10.1. The molecule has 2 aromatic rings. The molecule has 110 valence electrons. The number of aryl methyl sites for hydroxylation is 1. The van der Waals surface area contributed by atoms with Crippen LogP contribution in [-0.4, -0.2) is 18.6 Å². The highest BCUT2D eigenvalue weighted by molar-refractivity contribution is 5.53. The second-order valence-electron chi connectivity index (χ2n) is 4.84. The average Bonchev–Trinajstić information content (AvgIpc) is 2.47. The standard InChI is InChI=1S/C16H18N2O3/c1-12-8-14(11-15(9-12)18(19)20)17-7-6-13-4-3-5-16(10-13)21-2/h3-5,8-11,17H,6-7H2,1-2H3. The summed E-state index contributed by atoms with van der Waals surface area (Å²) >= 11 is 0. The van der Waals surface area contributed by atoms with Gasteiger partial charge in [0, 0.05) is 24.4 Å². The van der Waals surface area contributed by atoms with Crippen LogP contribution in [0.3, 0.4) is 0 Å². The van der Waals surface area contributed by atoms with Crippen molar-refractivity contribution < 1.29 is 9.66 Å². The maximum atomic E-state index is 10.8. The number of nitro benzene ring substituents is 1. The molecule has 0 aliphatic rings. The average molecular weight is 286 g/mol. The number of ether oxygens (including phenoxy) is 1. The highest BCUT2D eigenvalue weighted by Crippen LogP contribution is 2.20. The van der Waals surface area contributed by atoms with E-state index >= 15 is 0 Å². The van der Waals surface area contributed by atoms with Crippen molar-refractivity contribution in [3.63, 3.8) is 0 Å². The van der Waals surface area contributed by atoms with E-state index in [1.165, 1.54) is 0 Å². The quantitative estimate of drug-likeness (QED) is 0.651. The summed E-state index contributed by atoms with van der Waals surface area (Å²) in [5, 5.41) is 14.1. The number of benzene rings is 2. The molecule has 0 saturated carbocycles. The maximum absolute atomic E-state index is 10.8. The van der Waals surface area contributed by atoms with Crippen LogP contribution in [0.1, 0.15) is 11.1 Å². The molecule has 0 atom stereocenters. The Morgan fingerprint density at radius 3 is 2.76 bits per heavy atom. The Morgan fingerprint density at radius 2 is 2.05 bits per heavy atom. The number of nitrogens with one attached hydrogen (secondary N) is 1. The van der Waals surface area contributed by atoms with Crippen molar-refractivity contribution in [1.29, 1.82) is 0 Å². The zero-order valence-corrected chi connectivity index (χ0v) is 12.1. The highest BCUT2D eigenvalue weighted by atomic mass is 16.6. The van der Waals surface area contributed by atoms with Gasteiger partial charge in [-0.05, 0) is 42.7 Å². The smallest absolute Gasteiger partial charge is 0.271 e. The third-order valence-electron chi connectivity index (χ3n) is 3.15. The van der Waals surface area contributed by atoms with Gasteiger partial charge in [0.1, 0.15) is 5.75 Å². The first-order valence-electron chi connectivity index (χ1n) is 6.71. The molecule has 0 amide bonds. The van der Waals surface area contributed by atoms with Crippen molar-refractivity contribution >= 4 is 11.4 Å². The molecule has 0 bridgehead atoms. The van der Waals surface area contributed by atoms with E-state index in [2.05, 4.69) is 5.32 Å². The number of non-ortho nitro benzene ring substituents is 1. The molecule has 0 heterocycles. The van der Waals surface area contributed by atoms with Crippen LogP contribution < -0.4 is 10.1 Å². The topological polar surface area (TPSA) is 64.4 Å². The molecule has 0 aliphatic heterocycles. The molecule has 5 nitrogen and oxygen atoms in total. The minimum Gasteiger partial charge on any atom is -0.497 e. The lowest BCUT2D eigenvalue weighted by molar-refractivity contribution is -0.384. The molecule has 5 heteroatoms. The molecule has 21 heavy (non-hydrogen) atoms. The lowest BCUT2D eigenvalue weighted by Gasteiger charge is -2.08. The summed E-state index contributed by atoms with van der Waals surface area (Å²) in [6, 6.07) is 12.9. The number of rotatable bonds is 6. The lowest BCUT2D eigenvalue weighted by Crippen LogP contribution is -2.05. The van der Waals surface area contributed by atoms with E-state index in [4.69, 9.17) is 4.74 Å². The van der Waals surface area contributed by atoms with Gasteiger partial charge in [-0.2, -0.15) is 0 Å². The molecule has 0 spiro atoms. The summed E-state index contributed by atoms with van der Waals surface area (Å²) in [6.07, 6.45) is 0.818. The normalized spacial score (nSPS) is 10.2. The molecule has 2 rings (SSSR count). The van der Waals surface area contributed by atoms with Gasteiger partial charge in [-0.3, -0.25) is 10.1 Å². The van der Waals surface area contributed by atoms with Gasteiger partial charge in [-0.1, -0.05) is 12.1 Å². The molecular weight excluding hydrogens is 268 g/mol. The van der Waals surface area contributed by atoms with Crippen LogP contribution in [-0.2, 0) is 6.42 Å². The maximum Gasteiger partial charge on any atom is 0.271 e. The summed E-state index contributed by atoms with van der Waals surface area (Å²) < 4.78 is 5.18. The Hall–Kier alpha value is -2.56. The van der Waals surface area contributed by atoms with E-state index in [-0.39, 0.29) is 10.6 Å². The van der Waals surface area contributed by atoms with Gasteiger partial charge >= 0.3 is 0 Å². The number of hydrogen-bond acceptors (Lipinski definition) is 4. The summed E-state index contributed by atoms with van der Waals surface area (Å²) in [5.74, 6) is 0.832. The first-order valence-corrected chi connectivity index (χ1v) is 6.71. The zero-order chi connectivity index (χ0) is 15.2. The van der Waals surface area contributed by atoms with E-state index in [0.717, 1.165) is 29.0 Å². The summed E-state index contributed by atoms with van der Waals surface area (Å²) in [7, 11) is 1.64. The van der Waals surface area contributed by atoms with E-state index in [1.807, 2.05) is 37.3 Å². The third-order valence-corrected chi connectivity index (χ3v) is 3.15. The van der Waals surface area contributed by atoms with Gasteiger partial charge in [0.15, 0.2) is 0 Å². The number of nitrogens with zero attached hydrogens (tertiary/aromatic N) is 1. The Bertz CT molecular complexity index is 641. The molecule has 0 aromatic heterocycles. The number of methoxy groups -OCH3 is 1. The van der Waals surface area contributed by atoms with Gasteiger partial charge in [-0.15, -0.1) is 0 Å². The Balaban J connectivity index is 1.98. The molecule has 0 unspecified atom stereocenters. The SMILES string of the molecule is COc1cccc(CCNc2cc(C)cc([N+](=O)[O-])c2)c1. The van der Waals surface area contributed by atoms with Crippen molar-refractivity contribution in [1.82, 2.24) is 0 Å². The van der Waals surface area contributed by atoms with E-state index in [9.17, 15) is 10.1 Å². The fourth-order valence-electron chi connectivity index (χ4n) is 2.15. The van der Waals surface area contributed by atoms with Gasteiger partial charge < -0.3 is 10.1 Å². The van der Waals surface area contributed by atoms with E-state index < -0.39 is 0 Å². The Labute approximate surface area is 123 Å². The summed E-state index contributed by atoms with van der Waals surface area (Å²) in [5.41, 5.74) is 2.90. The van der Waals surface area contributed by atoms with E-state index in [0.29, 0.717) is 6.54 Å². The van der Waals surface area contributed by atoms with Crippen LogP contribution in [0.25, 0.3) is 0 Å². The Morgan fingerprint density at radius 1 is 1.24 bits per heavy atom. The highest BCUT2D eigenvalue weighted by Gasteiger charge is 2.07. The van der Waals surface area contributed by atoms with Crippen molar-refractivity contribution in [2.24, 2.45) is 0 Å². The number of nitro groups is 1. The van der Waals surface area contributed by atoms with Crippen LogP contribution in [0.5, 0.6) is 5.75 Å². The van der Waals surface area contributed by atoms with Crippen LogP contribution in [0.4, 0.5) is 11.4 Å². The molecule has 0 radical (unpaired) electrons. The van der Waals surface area contributed by atoms with Gasteiger partial charge in [-0.25, -0.2) is 0 Å². The minimum absolute atomic E-state index is 0.110. The Kier molecular flexibility index (Phi) is 4.77. The minimum atomic E-state index is -0.375. The summed E-state index contributed by atoms with van der Waals surface area (Å²) in [6.45, 7) is 2.55. The van der Waals surface area contributed by atoms with E-state index in [1.54, 1.807) is 19.2 Å². The van der Waals surface area contributed by atoms with Gasteiger partial charge in [0.2, 0.25) is 0 Å². The predicted molar refractivity (Wildman–Crippen MR) is 83.0 cm³/mol. The van der Waals surface area contributed by atoms with Crippen molar-refractivity contribution in [3.8, 4) is 5.75 Å². The molecular formula is C16H18N2O3. The number of anilines is 1. The van der Waals surface area contributed by atoms with Gasteiger partial charge in [0.25, 0.3) is 5.69 Å². The number of hydrogen-bond donors (Lipinski definition) is 1. The molecule has 2 aromatic carbocycles. The monoisotopic (exact) mass is 286 g/mol. The summed E-state index contributed by atoms with van der Waals surface area (Å²) in [4.78, 5) is 10.5. The third kappa shape index (κ3) is 4.21. The van der Waals surface area contributed by atoms with Crippen LogP contribution >= 0.6 is 0 Å². The second kappa shape index (κ2) is 6.74. The molecule has 0 fully saturated rings. The fourth-order valence-corrected chi connectivity index (χ4v) is 2.15. The largest absolute Gasteiger partial charge is 0.497 e. The van der Waals surface area contributed by atoms with Crippen molar-refractivity contribution in [2.45, 2.75) is 13.3 Å². The molecule has 0 aliphatic carbocycles. The zero-order valence-electron chi connectivity index (χ0n) is 12.1. The van der Waals surface area contributed by atoms with Gasteiger partial charge in [0.05, 0.1) is 12.0 Å².